The molecular weight excluding hydrogens is 488 g/mol. The van der Waals surface area contributed by atoms with E-state index in [1.165, 1.54) is 6.26 Å². The molecule has 0 unspecified atom stereocenters. The van der Waals surface area contributed by atoms with Gasteiger partial charge in [-0.15, -0.1) is 0 Å². The standard InChI is InChI=1S/C28H32N4O4S/c1-37(33,34)18-16-29-15-5-6-17-35-25-13-14-27-26(19-25)28(31-21-30-27)32-23-9-11-24(12-10-23)36-20-22-7-3-2-4-8-22/h2-4,7-14,19,21,29H,5-6,15-18,20H2,1H3,(H,30,31,32). The zero-order valence-electron chi connectivity index (χ0n) is 20.9. The Kier molecular flexibility index (Phi) is 9.29. The molecule has 0 spiro atoms. The fourth-order valence-electron chi connectivity index (χ4n) is 3.66. The SMILES string of the molecule is CS(=O)(=O)CCNCCCCOc1ccc2ncnc(Nc3ccc(OCc4ccccc4)cc3)c2c1. The number of rotatable bonds is 14. The van der Waals surface area contributed by atoms with Crippen LogP contribution in [0.5, 0.6) is 11.5 Å². The Morgan fingerprint density at radius 3 is 2.41 bits per heavy atom. The number of ether oxygens (including phenoxy) is 2. The number of fused-ring (bicyclic) bond motifs is 1. The first kappa shape index (κ1) is 26.4. The van der Waals surface area contributed by atoms with Crippen molar-refractivity contribution < 1.29 is 17.9 Å². The summed E-state index contributed by atoms with van der Waals surface area (Å²) in [5.74, 6) is 2.40. The van der Waals surface area contributed by atoms with Crippen molar-refractivity contribution in [3.05, 3.63) is 84.7 Å². The molecular formula is C28H32N4O4S. The number of hydrogen-bond donors (Lipinski definition) is 2. The highest BCUT2D eigenvalue weighted by atomic mass is 32.2. The number of anilines is 2. The van der Waals surface area contributed by atoms with Crippen LogP contribution in [0, 0.1) is 0 Å². The minimum Gasteiger partial charge on any atom is -0.494 e. The van der Waals surface area contributed by atoms with E-state index in [1.54, 1.807) is 6.33 Å². The predicted octanol–water partition coefficient (Wildman–Crippen LogP) is 4.75. The third-order valence-corrected chi connectivity index (χ3v) is 6.58. The van der Waals surface area contributed by atoms with E-state index in [0.717, 1.165) is 53.0 Å². The summed E-state index contributed by atoms with van der Waals surface area (Å²) >= 11 is 0. The number of benzene rings is 3. The summed E-state index contributed by atoms with van der Waals surface area (Å²) in [4.78, 5) is 8.81. The quantitative estimate of drug-likeness (QED) is 0.230. The molecule has 3 aromatic carbocycles. The van der Waals surface area contributed by atoms with Crippen molar-refractivity contribution >= 4 is 32.2 Å². The Bertz CT molecular complexity index is 1380. The lowest BCUT2D eigenvalue weighted by Gasteiger charge is -2.12. The number of aromatic nitrogens is 2. The molecule has 37 heavy (non-hydrogen) atoms. The molecule has 0 atom stereocenters. The van der Waals surface area contributed by atoms with Crippen molar-refractivity contribution in [2.45, 2.75) is 19.4 Å². The second-order valence-electron chi connectivity index (χ2n) is 8.76. The van der Waals surface area contributed by atoms with Crippen LogP contribution in [-0.4, -0.2) is 50.1 Å². The summed E-state index contributed by atoms with van der Waals surface area (Å²) in [6.45, 7) is 2.32. The van der Waals surface area contributed by atoms with Gasteiger partial charge in [-0.2, -0.15) is 0 Å². The maximum atomic E-state index is 11.1. The molecule has 9 heteroatoms. The molecule has 0 radical (unpaired) electrons. The van der Waals surface area contributed by atoms with Crippen LogP contribution in [0.2, 0.25) is 0 Å². The molecule has 0 saturated carbocycles. The lowest BCUT2D eigenvalue weighted by atomic mass is 10.2. The smallest absolute Gasteiger partial charge is 0.148 e. The normalized spacial score (nSPS) is 11.4. The summed E-state index contributed by atoms with van der Waals surface area (Å²) in [7, 11) is -2.92. The van der Waals surface area contributed by atoms with E-state index in [1.807, 2.05) is 72.8 Å². The highest BCUT2D eigenvalue weighted by Crippen LogP contribution is 2.27. The molecule has 2 N–H and O–H groups in total. The Morgan fingerprint density at radius 2 is 1.62 bits per heavy atom. The van der Waals surface area contributed by atoms with E-state index in [9.17, 15) is 8.42 Å². The average molecular weight is 521 g/mol. The van der Waals surface area contributed by atoms with E-state index < -0.39 is 9.84 Å². The number of nitrogens with one attached hydrogen (secondary N) is 2. The topological polar surface area (TPSA) is 102 Å². The fourth-order valence-corrected chi connectivity index (χ4v) is 4.18. The molecule has 0 fully saturated rings. The van der Waals surface area contributed by atoms with Gasteiger partial charge >= 0.3 is 0 Å². The van der Waals surface area contributed by atoms with Crippen molar-refractivity contribution in [2.24, 2.45) is 0 Å². The Balaban J connectivity index is 1.29. The van der Waals surface area contributed by atoms with Gasteiger partial charge in [0, 0.05) is 23.9 Å². The molecule has 0 aliphatic rings. The molecule has 1 heterocycles. The van der Waals surface area contributed by atoms with Gasteiger partial charge in [-0.1, -0.05) is 30.3 Å². The van der Waals surface area contributed by atoms with Gasteiger partial charge in [0.1, 0.15) is 40.1 Å². The van der Waals surface area contributed by atoms with Crippen LogP contribution in [0.4, 0.5) is 11.5 Å². The lowest BCUT2D eigenvalue weighted by Crippen LogP contribution is -2.23. The third kappa shape index (κ3) is 8.73. The molecule has 8 nitrogen and oxygen atoms in total. The van der Waals surface area contributed by atoms with Gasteiger partial charge in [-0.25, -0.2) is 18.4 Å². The molecule has 0 bridgehead atoms. The van der Waals surface area contributed by atoms with Gasteiger partial charge in [-0.05, 0) is 67.4 Å². The number of unbranched alkanes of at least 4 members (excludes halogenated alkanes) is 1. The largest absolute Gasteiger partial charge is 0.494 e. The molecule has 194 valence electrons. The predicted molar refractivity (Wildman–Crippen MR) is 147 cm³/mol. The van der Waals surface area contributed by atoms with E-state index in [0.29, 0.717) is 25.6 Å². The lowest BCUT2D eigenvalue weighted by molar-refractivity contribution is 0.306. The van der Waals surface area contributed by atoms with E-state index in [4.69, 9.17) is 9.47 Å². The van der Waals surface area contributed by atoms with Crippen molar-refractivity contribution in [3.8, 4) is 11.5 Å². The Morgan fingerprint density at radius 1 is 0.838 bits per heavy atom. The molecule has 0 aliphatic carbocycles. The van der Waals surface area contributed by atoms with Crippen LogP contribution in [0.3, 0.4) is 0 Å². The van der Waals surface area contributed by atoms with Gasteiger partial charge in [0.05, 0.1) is 17.9 Å². The second kappa shape index (κ2) is 13.0. The van der Waals surface area contributed by atoms with Crippen molar-refractivity contribution in [2.75, 3.05) is 37.0 Å². The molecule has 1 aromatic heterocycles. The second-order valence-corrected chi connectivity index (χ2v) is 11.0. The number of sulfone groups is 1. The van der Waals surface area contributed by atoms with Crippen LogP contribution in [0.1, 0.15) is 18.4 Å². The van der Waals surface area contributed by atoms with Crippen LogP contribution in [0.25, 0.3) is 10.9 Å². The molecule has 4 aromatic rings. The van der Waals surface area contributed by atoms with Gasteiger partial charge in [0.25, 0.3) is 0 Å². The summed E-state index contributed by atoms with van der Waals surface area (Å²) in [6, 6.07) is 23.6. The minimum atomic E-state index is -2.92. The van der Waals surface area contributed by atoms with Crippen LogP contribution in [0.15, 0.2) is 79.1 Å². The van der Waals surface area contributed by atoms with Gasteiger partial charge in [0.15, 0.2) is 0 Å². The van der Waals surface area contributed by atoms with Gasteiger partial charge < -0.3 is 20.1 Å². The number of nitrogens with zero attached hydrogens (tertiary/aromatic N) is 2. The summed E-state index contributed by atoms with van der Waals surface area (Å²) in [5, 5.41) is 7.38. The minimum absolute atomic E-state index is 0.158. The monoisotopic (exact) mass is 520 g/mol. The third-order valence-electron chi connectivity index (χ3n) is 5.64. The summed E-state index contributed by atoms with van der Waals surface area (Å²) in [6.07, 6.45) is 4.55. The van der Waals surface area contributed by atoms with Crippen molar-refractivity contribution in [1.82, 2.24) is 15.3 Å². The van der Waals surface area contributed by atoms with E-state index >= 15 is 0 Å². The first-order valence-corrected chi connectivity index (χ1v) is 14.3. The first-order valence-electron chi connectivity index (χ1n) is 12.3. The maximum absolute atomic E-state index is 11.1. The molecule has 0 saturated heterocycles. The van der Waals surface area contributed by atoms with E-state index in [-0.39, 0.29) is 5.75 Å². The van der Waals surface area contributed by atoms with E-state index in [2.05, 4.69) is 20.6 Å². The average Bonchev–Trinajstić information content (AvgIpc) is 2.90. The molecule has 0 amide bonds. The highest BCUT2D eigenvalue weighted by Gasteiger charge is 2.07. The van der Waals surface area contributed by atoms with Crippen LogP contribution >= 0.6 is 0 Å². The van der Waals surface area contributed by atoms with Crippen LogP contribution < -0.4 is 20.1 Å². The molecule has 0 aliphatic heterocycles. The zero-order valence-corrected chi connectivity index (χ0v) is 21.7. The van der Waals surface area contributed by atoms with Crippen molar-refractivity contribution in [3.63, 3.8) is 0 Å². The van der Waals surface area contributed by atoms with Crippen molar-refractivity contribution in [1.29, 1.82) is 0 Å². The number of hydrogen-bond acceptors (Lipinski definition) is 8. The van der Waals surface area contributed by atoms with Crippen LogP contribution in [-0.2, 0) is 16.4 Å². The zero-order chi connectivity index (χ0) is 25.9. The van der Waals surface area contributed by atoms with Gasteiger partial charge in [-0.3, -0.25) is 0 Å². The highest BCUT2D eigenvalue weighted by molar-refractivity contribution is 7.90. The Labute approximate surface area is 218 Å². The fraction of sp³-hybridized carbons (Fsp3) is 0.286. The Hall–Kier alpha value is -3.69. The first-order chi connectivity index (χ1) is 18.0. The summed E-state index contributed by atoms with van der Waals surface area (Å²) in [5.41, 5.74) is 2.83. The molecule has 4 rings (SSSR count). The maximum Gasteiger partial charge on any atom is 0.148 e. The summed E-state index contributed by atoms with van der Waals surface area (Å²) < 4.78 is 34.1. The van der Waals surface area contributed by atoms with Gasteiger partial charge in [0.2, 0.25) is 0 Å².